The van der Waals surface area contributed by atoms with Crippen molar-refractivity contribution in [2.45, 2.75) is 49.8 Å². The highest BCUT2D eigenvalue weighted by Crippen LogP contribution is 2.34. The van der Waals surface area contributed by atoms with E-state index in [1.807, 2.05) is 18.2 Å². The minimum atomic E-state index is -0.135. The first-order chi connectivity index (χ1) is 13.7. The van der Waals surface area contributed by atoms with E-state index in [0.717, 1.165) is 53.4 Å². The second-order valence-electron chi connectivity index (χ2n) is 7.34. The summed E-state index contributed by atoms with van der Waals surface area (Å²) in [7, 11) is 0. The largest absolute Gasteiger partial charge is 0.454 e. The number of thioether (sulfide) groups is 1. The van der Waals surface area contributed by atoms with Gasteiger partial charge in [-0.25, -0.2) is 4.98 Å². The molecule has 146 valence electrons. The summed E-state index contributed by atoms with van der Waals surface area (Å²) in [5, 5.41) is 3.71. The molecular weight excluding hydrogens is 378 g/mol. The zero-order chi connectivity index (χ0) is 19.1. The highest BCUT2D eigenvalue weighted by Gasteiger charge is 2.30. The number of hydrogen-bond acceptors (Lipinski definition) is 6. The maximum absolute atomic E-state index is 12.9. The van der Waals surface area contributed by atoms with Crippen molar-refractivity contribution in [2.24, 2.45) is 0 Å². The molecule has 1 amide bonds. The van der Waals surface area contributed by atoms with Crippen LogP contribution >= 0.6 is 11.8 Å². The lowest BCUT2D eigenvalue weighted by Crippen LogP contribution is -2.33. The van der Waals surface area contributed by atoms with E-state index < -0.39 is 0 Å². The van der Waals surface area contributed by atoms with E-state index in [0.29, 0.717) is 18.0 Å². The lowest BCUT2D eigenvalue weighted by Gasteiger charge is -2.18. The van der Waals surface area contributed by atoms with E-state index in [1.165, 1.54) is 0 Å². The number of carbonyl (C=O) groups is 1. The van der Waals surface area contributed by atoms with Gasteiger partial charge >= 0.3 is 0 Å². The summed E-state index contributed by atoms with van der Waals surface area (Å²) < 4.78 is 12.4. The van der Waals surface area contributed by atoms with Gasteiger partial charge in [0.05, 0.1) is 11.7 Å². The van der Waals surface area contributed by atoms with Crippen molar-refractivity contribution in [3.8, 4) is 11.5 Å². The van der Waals surface area contributed by atoms with Crippen molar-refractivity contribution in [2.75, 3.05) is 12.5 Å². The van der Waals surface area contributed by atoms with E-state index >= 15 is 0 Å². The number of aryl methyl sites for hydroxylation is 1. The molecule has 1 aromatic carbocycles. The Morgan fingerprint density at radius 1 is 1.25 bits per heavy atom. The number of fused-ring (bicyclic) bond motifs is 3. The Kier molecular flexibility index (Phi) is 4.50. The number of nitrogens with zero attached hydrogens (tertiary/aromatic N) is 2. The first-order valence-corrected chi connectivity index (χ1v) is 10.6. The van der Waals surface area contributed by atoms with E-state index in [1.54, 1.807) is 16.3 Å². The lowest BCUT2D eigenvalue weighted by atomic mass is 9.97. The maximum Gasteiger partial charge on any atom is 0.257 e. The maximum atomic E-state index is 12.9. The van der Waals surface area contributed by atoms with E-state index in [4.69, 9.17) is 14.5 Å². The van der Waals surface area contributed by atoms with Crippen molar-refractivity contribution in [1.82, 2.24) is 14.9 Å². The molecule has 1 N–H and O–H groups in total. The average molecular weight is 399 g/mol. The summed E-state index contributed by atoms with van der Waals surface area (Å²) >= 11 is 1.57. The van der Waals surface area contributed by atoms with Crippen LogP contribution in [0.2, 0.25) is 0 Å². The Morgan fingerprint density at radius 2 is 2.11 bits per heavy atom. The molecule has 1 aromatic heterocycles. The molecule has 1 atom stereocenters. The third kappa shape index (κ3) is 3.15. The zero-order valence-corrected chi connectivity index (χ0v) is 16.2. The fourth-order valence-corrected chi connectivity index (χ4v) is 5.16. The third-order valence-electron chi connectivity index (χ3n) is 5.47. The van der Waals surface area contributed by atoms with Gasteiger partial charge in [-0.15, -0.1) is 0 Å². The Morgan fingerprint density at radius 3 is 3.04 bits per heavy atom. The van der Waals surface area contributed by atoms with Crippen LogP contribution in [0.15, 0.2) is 28.2 Å². The van der Waals surface area contributed by atoms with E-state index in [-0.39, 0.29) is 30.7 Å². The molecule has 0 bridgehead atoms. The van der Waals surface area contributed by atoms with Crippen molar-refractivity contribution in [3.63, 3.8) is 0 Å². The van der Waals surface area contributed by atoms with Gasteiger partial charge in [0.25, 0.3) is 5.56 Å². The van der Waals surface area contributed by atoms with Crippen LogP contribution in [0.5, 0.6) is 11.5 Å². The van der Waals surface area contributed by atoms with Crippen LogP contribution in [-0.4, -0.2) is 28.0 Å². The predicted octanol–water partition coefficient (Wildman–Crippen LogP) is 2.20. The molecule has 0 fully saturated rings. The van der Waals surface area contributed by atoms with Crippen LogP contribution < -0.4 is 20.3 Å². The first kappa shape index (κ1) is 17.6. The Hall–Kier alpha value is -2.48. The molecule has 3 aliphatic rings. The van der Waals surface area contributed by atoms with Crippen LogP contribution in [-0.2, 0) is 24.2 Å². The number of rotatable bonds is 4. The van der Waals surface area contributed by atoms with E-state index in [9.17, 15) is 9.59 Å². The number of carbonyl (C=O) groups excluding carboxylic acids is 1. The standard InChI is InChI=1S/C20H21N3O4S/c24-18(21-9-12-5-6-16-17(7-12)27-11-26-16)8-13-10-28-20-22-15-4-2-1-3-14(15)19(25)23(13)20/h5-7,13H,1-4,8-11H2,(H,21,24)/t13-/m0/s1. The number of amides is 1. The molecule has 28 heavy (non-hydrogen) atoms. The summed E-state index contributed by atoms with van der Waals surface area (Å²) in [6.07, 6.45) is 4.11. The second kappa shape index (κ2) is 7.16. The molecule has 7 nitrogen and oxygen atoms in total. The number of aromatic nitrogens is 2. The summed E-state index contributed by atoms with van der Waals surface area (Å²) in [5.74, 6) is 2.07. The van der Waals surface area contributed by atoms with Gasteiger partial charge in [0, 0.05) is 24.3 Å². The fourth-order valence-electron chi connectivity index (χ4n) is 4.00. The minimum Gasteiger partial charge on any atom is -0.454 e. The Balaban J connectivity index is 1.26. The molecule has 2 aromatic rings. The molecule has 0 spiro atoms. The number of nitrogens with one attached hydrogen (secondary N) is 1. The van der Waals surface area contributed by atoms with Crippen molar-refractivity contribution >= 4 is 17.7 Å². The normalized spacial score (nSPS) is 19.2. The van der Waals surface area contributed by atoms with Gasteiger partial charge in [-0.3, -0.25) is 14.2 Å². The number of ether oxygens (including phenoxy) is 2. The molecule has 0 saturated heterocycles. The molecule has 0 unspecified atom stereocenters. The van der Waals surface area contributed by atoms with Gasteiger partial charge in [0.15, 0.2) is 16.7 Å². The van der Waals surface area contributed by atoms with Crippen LogP contribution in [0, 0.1) is 0 Å². The van der Waals surface area contributed by atoms with Gasteiger partial charge in [0.1, 0.15) is 0 Å². The Labute approximate surface area is 166 Å². The molecular formula is C20H21N3O4S. The SMILES string of the molecule is O=C(C[C@H]1CSc2nc3c(c(=O)n21)CCCC3)NCc1ccc2c(c1)OCO2. The van der Waals surface area contributed by atoms with E-state index in [2.05, 4.69) is 5.32 Å². The van der Waals surface area contributed by atoms with Crippen LogP contribution in [0.25, 0.3) is 0 Å². The summed E-state index contributed by atoms with van der Waals surface area (Å²) in [5.41, 5.74) is 2.82. The predicted molar refractivity (Wildman–Crippen MR) is 104 cm³/mol. The quantitative estimate of drug-likeness (QED) is 0.794. The number of hydrogen-bond donors (Lipinski definition) is 1. The lowest BCUT2D eigenvalue weighted by molar-refractivity contribution is -0.121. The summed E-state index contributed by atoms with van der Waals surface area (Å²) in [4.78, 5) is 30.1. The molecule has 1 aliphatic carbocycles. The minimum absolute atomic E-state index is 0.0540. The van der Waals surface area contributed by atoms with Gasteiger partial charge in [0.2, 0.25) is 12.7 Å². The fraction of sp³-hybridized carbons (Fsp3) is 0.450. The highest BCUT2D eigenvalue weighted by molar-refractivity contribution is 7.99. The molecule has 8 heteroatoms. The smallest absolute Gasteiger partial charge is 0.257 e. The topological polar surface area (TPSA) is 82.5 Å². The van der Waals surface area contributed by atoms with Gasteiger partial charge in [-0.2, -0.15) is 0 Å². The van der Waals surface area contributed by atoms with Crippen molar-refractivity contribution < 1.29 is 14.3 Å². The number of benzene rings is 1. The zero-order valence-electron chi connectivity index (χ0n) is 15.4. The second-order valence-corrected chi connectivity index (χ2v) is 8.32. The first-order valence-electron chi connectivity index (χ1n) is 9.61. The van der Waals surface area contributed by atoms with Crippen LogP contribution in [0.4, 0.5) is 0 Å². The summed E-state index contributed by atoms with van der Waals surface area (Å²) in [6.45, 7) is 0.649. The molecule has 2 aliphatic heterocycles. The van der Waals surface area contributed by atoms with Crippen molar-refractivity contribution in [3.05, 3.63) is 45.4 Å². The third-order valence-corrected chi connectivity index (χ3v) is 6.57. The molecule has 0 radical (unpaired) electrons. The highest BCUT2D eigenvalue weighted by atomic mass is 32.2. The average Bonchev–Trinajstić information content (AvgIpc) is 3.33. The van der Waals surface area contributed by atoms with Crippen LogP contribution in [0.1, 0.15) is 42.1 Å². The van der Waals surface area contributed by atoms with Crippen molar-refractivity contribution in [1.29, 1.82) is 0 Å². The molecule has 5 rings (SSSR count). The molecule has 3 heterocycles. The summed E-state index contributed by atoms with van der Waals surface area (Å²) in [6, 6.07) is 5.50. The molecule has 0 saturated carbocycles. The van der Waals surface area contributed by atoms with Gasteiger partial charge in [-0.1, -0.05) is 17.8 Å². The Bertz CT molecular complexity index is 1000. The van der Waals surface area contributed by atoms with Gasteiger partial charge < -0.3 is 14.8 Å². The monoisotopic (exact) mass is 399 g/mol. The van der Waals surface area contributed by atoms with Crippen LogP contribution in [0.3, 0.4) is 0 Å². The van der Waals surface area contributed by atoms with Gasteiger partial charge in [-0.05, 0) is 43.4 Å².